The molecule has 0 fully saturated rings. The third-order valence-electron chi connectivity index (χ3n) is 11.9. The van der Waals surface area contributed by atoms with Crippen LogP contribution in [0.3, 0.4) is 0 Å². The van der Waals surface area contributed by atoms with Gasteiger partial charge in [-0.2, -0.15) is 60.9 Å². The zero-order valence-electron chi connectivity index (χ0n) is 43.4. The van der Waals surface area contributed by atoms with Crippen LogP contribution in [0.2, 0.25) is 5.02 Å². The summed E-state index contributed by atoms with van der Waals surface area (Å²) in [5.41, 5.74) is -2.45. The first-order chi connectivity index (χ1) is 39.8. The molecule has 0 atom stereocenters. The van der Waals surface area contributed by atoms with Crippen LogP contribution >= 0.6 is 34.7 Å². The number of anilines is 1. The highest BCUT2D eigenvalue weighted by atomic mass is 35.5. The molecule has 454 valence electrons. The van der Waals surface area contributed by atoms with Crippen molar-refractivity contribution in [2.24, 2.45) is 30.7 Å². The maximum atomic E-state index is 12.7. The first-order valence-corrected chi connectivity index (χ1v) is 34.6. The number of amides is 1. The fourth-order valence-electron chi connectivity index (χ4n) is 8.16. The van der Waals surface area contributed by atoms with E-state index >= 15 is 0 Å². The molecule has 0 radical (unpaired) electrons. The monoisotopic (exact) mass is 1360 g/mol. The van der Waals surface area contributed by atoms with Gasteiger partial charge in [-0.05, 0) is 86.5 Å². The Morgan fingerprint density at radius 1 is 0.709 bits per heavy atom. The zero-order chi connectivity index (χ0) is 63.4. The lowest BCUT2D eigenvalue weighted by Crippen LogP contribution is -2.08. The molecular formula is C45H38ClN11O21S8. The van der Waals surface area contributed by atoms with Gasteiger partial charge >= 0.3 is 0 Å². The Labute approximate surface area is 498 Å². The summed E-state index contributed by atoms with van der Waals surface area (Å²) in [5, 5.41) is 48.3. The molecule has 8 rings (SSSR count). The van der Waals surface area contributed by atoms with Gasteiger partial charge in [0.15, 0.2) is 11.3 Å². The third-order valence-corrected chi connectivity index (χ3v) is 19.4. The van der Waals surface area contributed by atoms with Gasteiger partial charge in [0.2, 0.25) is 16.9 Å². The number of hydrogen-bond donors (Lipinski definition) is 8. The number of aromatic hydroxyl groups is 1. The predicted octanol–water partition coefficient (Wildman–Crippen LogP) is 9.32. The Kier molecular flexibility index (Phi) is 18.1. The SMILES string of the molecule is CC(=O)Nc1cc(N=Nc2cc(OCCCS(=O)(=O)O)c(N=Nc3c(C)c(C#N)c4nc5c(Cl)ccc(S(=O)(=O)O)c5n4c3O)cc2C)c(SCCCS(=O)(=O)O)cc1N=Nc1nc2c(S(=O)(=O)O)cc3c(S(=O)(=O)O)cc(S(=O)(=O)O)cc3c2s1. The summed E-state index contributed by atoms with van der Waals surface area (Å²) in [6.07, 6.45) is -0.423. The molecule has 0 aliphatic heterocycles. The van der Waals surface area contributed by atoms with Crippen LogP contribution in [0.15, 0.2) is 110 Å². The number of thiazole rings is 1. The minimum atomic E-state index is -5.36. The molecule has 0 saturated heterocycles. The number of carbonyl (C=O) groups excluding carboxylic acids is 1. The number of nitrogens with one attached hydrogen (secondary N) is 1. The molecule has 86 heavy (non-hydrogen) atoms. The molecular weight excluding hydrogens is 1320 g/mol. The lowest BCUT2D eigenvalue weighted by molar-refractivity contribution is -0.114. The largest absolute Gasteiger partial charge is 0.493 e. The number of halogens is 1. The van der Waals surface area contributed by atoms with Gasteiger partial charge in [-0.25, -0.2) is 9.97 Å². The standard InChI is InChI=1S/C45H38ClN11O21S8/c1-20-12-31(53-55-38-21(2)26(19-47)43-49-39-27(46)6-7-35(84(69,70)71)41(39)57(43)44(38)59)33(78-8-4-10-81(60,61)62)17-28(20)51-54-32-16-29(48-22(3)58)30(18-34(32)79-9-5-11-82(63,64)65)52-56-45-50-40-37(86(75,76)77)15-24-25(42(40)80-45)13-23(83(66,67)68)14-36(24)85(72,73)74/h6-7,12-18,59H,4-5,8-11H2,1-3H3,(H,48,58)(H,60,61,62)(H,63,64,65)(H,66,67,68)(H,69,70,71)(H,72,73,74)(H,75,76,77). The first kappa shape index (κ1) is 64.7. The lowest BCUT2D eigenvalue weighted by Gasteiger charge is -2.13. The number of fused-ring (bicyclic) bond motifs is 6. The van der Waals surface area contributed by atoms with E-state index in [4.69, 9.17) is 16.3 Å². The number of nitriles is 1. The number of aryl methyl sites for hydroxylation is 1. The van der Waals surface area contributed by atoms with Gasteiger partial charge in [-0.15, -0.1) is 37.3 Å². The number of hydrogen-bond acceptors (Lipinski definition) is 26. The first-order valence-electron chi connectivity index (χ1n) is 23.4. The number of ether oxygens (including phenoxy) is 1. The van der Waals surface area contributed by atoms with Crippen molar-refractivity contribution in [3.05, 3.63) is 76.3 Å². The van der Waals surface area contributed by atoms with E-state index in [0.717, 1.165) is 41.3 Å². The van der Waals surface area contributed by atoms with Crippen LogP contribution in [-0.4, -0.2) is 127 Å². The molecule has 0 unspecified atom stereocenters. The third kappa shape index (κ3) is 14.4. The Morgan fingerprint density at radius 2 is 1.34 bits per heavy atom. The van der Waals surface area contributed by atoms with E-state index in [1.54, 1.807) is 0 Å². The van der Waals surface area contributed by atoms with Crippen molar-refractivity contribution < 1.29 is 92.5 Å². The Bertz CT molecular complexity index is 5090. The molecule has 0 aliphatic rings. The second-order valence-corrected chi connectivity index (χ2v) is 29.2. The van der Waals surface area contributed by atoms with Gasteiger partial charge in [0.05, 0.1) is 49.6 Å². The van der Waals surface area contributed by atoms with Gasteiger partial charge in [-0.1, -0.05) is 22.9 Å². The van der Waals surface area contributed by atoms with E-state index in [1.807, 2.05) is 6.07 Å². The van der Waals surface area contributed by atoms with Crippen LogP contribution < -0.4 is 10.1 Å². The van der Waals surface area contributed by atoms with Crippen LogP contribution in [-0.2, 0) is 65.5 Å². The highest BCUT2D eigenvalue weighted by Gasteiger charge is 2.30. The van der Waals surface area contributed by atoms with Gasteiger partial charge in [-0.3, -0.25) is 36.5 Å². The van der Waals surface area contributed by atoms with Crippen molar-refractivity contribution in [1.29, 1.82) is 5.26 Å². The molecule has 32 nitrogen and oxygen atoms in total. The number of carbonyl (C=O) groups is 1. The summed E-state index contributed by atoms with van der Waals surface area (Å²) in [7, 11) is -29.8. The molecule has 0 bridgehead atoms. The van der Waals surface area contributed by atoms with Crippen LogP contribution in [0, 0.1) is 25.2 Å². The molecule has 3 heterocycles. The summed E-state index contributed by atoms with van der Waals surface area (Å²) < 4.78 is 211. The van der Waals surface area contributed by atoms with E-state index in [2.05, 4.69) is 46.0 Å². The minimum absolute atomic E-state index is 0.00709. The highest BCUT2D eigenvalue weighted by molar-refractivity contribution is 7.99. The summed E-state index contributed by atoms with van der Waals surface area (Å²) in [4.78, 5) is 17.2. The fourth-order valence-corrected chi connectivity index (χ4v) is 14.1. The molecule has 41 heteroatoms. The molecule has 8 N–H and O–H groups in total. The van der Waals surface area contributed by atoms with Crippen molar-refractivity contribution in [2.45, 2.75) is 58.1 Å². The van der Waals surface area contributed by atoms with Crippen LogP contribution in [0.25, 0.3) is 37.7 Å². The fraction of sp³-hybridized carbons (Fsp3) is 0.200. The molecule has 8 aromatic rings. The Hall–Kier alpha value is -7.34. The van der Waals surface area contributed by atoms with Crippen LogP contribution in [0.1, 0.15) is 36.5 Å². The molecule has 5 aromatic carbocycles. The maximum absolute atomic E-state index is 12.7. The molecule has 0 spiro atoms. The normalized spacial score (nSPS) is 13.1. The zero-order valence-corrected chi connectivity index (χ0v) is 50.7. The summed E-state index contributed by atoms with van der Waals surface area (Å²) in [5.74, 6) is -3.16. The molecule has 1 amide bonds. The molecule has 0 aliphatic carbocycles. The van der Waals surface area contributed by atoms with Gasteiger partial charge in [0.1, 0.15) is 60.2 Å². The molecule has 0 saturated carbocycles. The Balaban J connectivity index is 1.25. The topological polar surface area (TPSA) is 513 Å². The van der Waals surface area contributed by atoms with E-state index in [0.29, 0.717) is 23.5 Å². The lowest BCUT2D eigenvalue weighted by atomic mass is 10.1. The van der Waals surface area contributed by atoms with Crippen LogP contribution in [0.4, 0.5) is 39.3 Å². The second-order valence-electron chi connectivity index (χ2n) is 18.0. The van der Waals surface area contributed by atoms with Crippen molar-refractivity contribution in [3.63, 3.8) is 0 Å². The van der Waals surface area contributed by atoms with E-state index in [1.165, 1.54) is 38.1 Å². The molecule has 3 aromatic heterocycles. The number of aromatic nitrogens is 3. The van der Waals surface area contributed by atoms with E-state index in [-0.39, 0.29) is 95.3 Å². The number of thioether (sulfide) groups is 1. The van der Waals surface area contributed by atoms with Crippen molar-refractivity contribution in [3.8, 4) is 17.7 Å². The van der Waals surface area contributed by atoms with E-state index in [9.17, 15) is 93.0 Å². The predicted molar refractivity (Wildman–Crippen MR) is 308 cm³/mol. The van der Waals surface area contributed by atoms with E-state index < -0.39 is 143 Å². The van der Waals surface area contributed by atoms with Gasteiger partial charge in [0, 0.05) is 34.2 Å². The smallest absolute Gasteiger partial charge is 0.296 e. The highest BCUT2D eigenvalue weighted by Crippen LogP contribution is 2.46. The number of pyridine rings is 1. The quantitative estimate of drug-likeness (QED) is 0.0144. The summed E-state index contributed by atoms with van der Waals surface area (Å²) in [6, 6.07) is 10.8. The van der Waals surface area contributed by atoms with Crippen molar-refractivity contribution in [2.75, 3.05) is 29.2 Å². The maximum Gasteiger partial charge on any atom is 0.296 e. The Morgan fingerprint density at radius 3 is 1.95 bits per heavy atom. The average molecular weight is 1360 g/mol. The average Bonchev–Trinajstić information content (AvgIpc) is 1.50. The number of rotatable bonds is 21. The number of imidazole rings is 1. The number of azo groups is 3. The van der Waals surface area contributed by atoms with Crippen molar-refractivity contribution in [1.82, 2.24) is 14.4 Å². The number of nitrogens with zero attached hydrogens (tertiary/aromatic N) is 10. The number of benzene rings is 5. The van der Waals surface area contributed by atoms with Crippen LogP contribution in [0.5, 0.6) is 11.6 Å². The summed E-state index contributed by atoms with van der Waals surface area (Å²) in [6.45, 7) is 3.59. The van der Waals surface area contributed by atoms with Crippen molar-refractivity contribution >= 4 is 178 Å². The second kappa shape index (κ2) is 24.1. The summed E-state index contributed by atoms with van der Waals surface area (Å²) >= 11 is 7.73. The van der Waals surface area contributed by atoms with Gasteiger partial charge < -0.3 is 15.2 Å². The minimum Gasteiger partial charge on any atom is -0.493 e. The van der Waals surface area contributed by atoms with Gasteiger partial charge in [0.25, 0.3) is 60.7 Å².